The fraction of sp³-hybridized carbons (Fsp3) is 0.821. The molecule has 10 heteroatoms. The van der Waals surface area contributed by atoms with Gasteiger partial charge in [-0.3, -0.25) is 19.2 Å². The monoisotopic (exact) mass is 1120 g/mol. The van der Waals surface area contributed by atoms with Crippen LogP contribution in [-0.2, 0) is 33.4 Å². The lowest BCUT2D eigenvalue weighted by Gasteiger charge is -2.44. The molecule has 13 fully saturated rings. The van der Waals surface area contributed by atoms with Crippen molar-refractivity contribution in [3.63, 3.8) is 0 Å². The zero-order valence-corrected chi connectivity index (χ0v) is 49.7. The van der Waals surface area contributed by atoms with Gasteiger partial charge in [0.1, 0.15) is 24.1 Å². The number of allylic oxidation sites excluding steroid dienone is 4. The largest absolute Gasteiger partial charge is 0.462 e. The van der Waals surface area contributed by atoms with Crippen LogP contribution in [0.1, 0.15) is 228 Å². The second-order valence-corrected chi connectivity index (χ2v) is 30.1. The third kappa shape index (κ3) is 10.6. The zero-order chi connectivity index (χ0) is 54.5. The Bertz CT molecular complexity index is 2400. The molecule has 0 aromatic carbocycles. The third-order valence-electron chi connectivity index (χ3n) is 24.9. The van der Waals surface area contributed by atoms with Gasteiger partial charge in [-0.25, -0.2) is 0 Å². The van der Waals surface area contributed by atoms with E-state index in [-0.39, 0.29) is 57.9 Å². The molecule has 3 heterocycles. The minimum absolute atomic E-state index is 0.0385. The molecule has 3 spiro atoms. The Kier molecular flexibility index (Phi) is 15.6. The fourth-order valence-corrected chi connectivity index (χ4v) is 20.6. The average molecular weight is 1130 g/mol. The molecule has 17 atom stereocenters. The number of ketones is 1. The third-order valence-corrected chi connectivity index (χ3v) is 25.5. The number of halogens is 1. The van der Waals surface area contributed by atoms with Gasteiger partial charge < -0.3 is 24.4 Å². The second kappa shape index (κ2) is 21.3. The van der Waals surface area contributed by atoms with E-state index in [4.69, 9.17) is 14.2 Å². The van der Waals surface area contributed by atoms with Crippen LogP contribution in [0.3, 0.4) is 0 Å². The van der Waals surface area contributed by atoms with Crippen LogP contribution < -0.4 is 0 Å². The SMILES string of the molecule is C=C1/C(=C\C=C2/CCC[C@@]3(C)C2CC[C@@H]3[C@H](C)CC2CC3(CC3)C(=O)O2)C[C@@H](O)C[C@@H]1O.C[C@H](CC1CC2(CC2)C(=O)O1)[C@H]1CCC2/C(=C/Br)CCC[C@@]21C.C[C@H](CC1CC2(CC2)C(=O)O1)[C@H]1CCC2C(=O)CCC[C@@]21C. The van der Waals surface area contributed by atoms with Crippen molar-refractivity contribution in [2.75, 3.05) is 0 Å². The first kappa shape index (κ1) is 56.3. The highest BCUT2D eigenvalue weighted by atomic mass is 79.9. The molecule has 3 aliphatic heterocycles. The van der Waals surface area contributed by atoms with Gasteiger partial charge in [-0.1, -0.05) is 87.3 Å². The van der Waals surface area contributed by atoms with Crippen LogP contribution >= 0.6 is 15.9 Å². The minimum atomic E-state index is -0.629. The Morgan fingerprint density at radius 3 is 1.36 bits per heavy atom. The summed E-state index contributed by atoms with van der Waals surface area (Å²) in [6.45, 7) is 18.6. The summed E-state index contributed by atoms with van der Waals surface area (Å²) in [6.07, 6.45) is 35.1. The Morgan fingerprint density at radius 1 is 0.558 bits per heavy atom. The van der Waals surface area contributed by atoms with Crippen molar-refractivity contribution >= 4 is 39.6 Å². The van der Waals surface area contributed by atoms with Gasteiger partial charge in [0.05, 0.1) is 28.5 Å². The zero-order valence-electron chi connectivity index (χ0n) is 48.2. The molecule has 77 heavy (non-hydrogen) atoms. The first-order valence-electron chi connectivity index (χ1n) is 31.5. The molecule has 0 radical (unpaired) electrons. The molecule has 426 valence electrons. The number of aliphatic hydroxyl groups excluding tert-OH is 2. The highest BCUT2D eigenvalue weighted by Gasteiger charge is 2.62. The number of fused-ring (bicyclic) bond motifs is 3. The first-order valence-corrected chi connectivity index (χ1v) is 32.5. The Labute approximate surface area is 470 Å². The van der Waals surface area contributed by atoms with Gasteiger partial charge in [-0.2, -0.15) is 0 Å². The fourth-order valence-electron chi connectivity index (χ4n) is 20.0. The predicted molar refractivity (Wildman–Crippen MR) is 303 cm³/mol. The molecule has 0 aromatic heterocycles. The molecular weight excluding hydrogens is 1030 g/mol. The molecule has 10 aliphatic carbocycles. The van der Waals surface area contributed by atoms with Crippen molar-refractivity contribution in [3.05, 3.63) is 46.0 Å². The summed E-state index contributed by atoms with van der Waals surface area (Å²) < 4.78 is 17.2. The van der Waals surface area contributed by atoms with E-state index in [0.717, 1.165) is 126 Å². The Morgan fingerprint density at radius 2 is 0.948 bits per heavy atom. The molecule has 13 rings (SSSR count). The number of hydrogen-bond acceptors (Lipinski definition) is 9. The summed E-state index contributed by atoms with van der Waals surface area (Å²) in [5.41, 5.74) is 5.70. The van der Waals surface area contributed by atoms with Crippen LogP contribution in [0.2, 0.25) is 0 Å². The molecule has 6 unspecified atom stereocenters. The lowest BCUT2D eigenvalue weighted by Crippen LogP contribution is -2.39. The number of ether oxygens (including phenoxy) is 3. The van der Waals surface area contributed by atoms with E-state index in [9.17, 15) is 29.4 Å². The van der Waals surface area contributed by atoms with Gasteiger partial charge in [0.15, 0.2) is 0 Å². The van der Waals surface area contributed by atoms with Crippen LogP contribution in [0.4, 0.5) is 0 Å². The molecule has 13 aliphatic rings. The molecular formula is C67H97BrO9. The quantitative estimate of drug-likeness (QED) is 0.162. The number of esters is 3. The average Bonchev–Trinajstić information content (AvgIpc) is 4.32. The van der Waals surface area contributed by atoms with E-state index in [2.05, 4.69) is 81.2 Å². The van der Waals surface area contributed by atoms with Gasteiger partial charge in [-0.05, 0) is 234 Å². The van der Waals surface area contributed by atoms with Crippen LogP contribution in [0.15, 0.2) is 46.0 Å². The molecule has 0 bridgehead atoms. The number of hydrogen-bond donors (Lipinski definition) is 2. The van der Waals surface area contributed by atoms with Crippen LogP contribution in [0, 0.1) is 85.8 Å². The van der Waals surface area contributed by atoms with Crippen molar-refractivity contribution in [2.45, 2.75) is 258 Å². The van der Waals surface area contributed by atoms with E-state index in [1.807, 2.05) is 0 Å². The van der Waals surface area contributed by atoms with Gasteiger partial charge in [0.25, 0.3) is 0 Å². The maximum atomic E-state index is 12.3. The maximum Gasteiger partial charge on any atom is 0.312 e. The number of Topliss-reactive ketones (excluding diaryl/α,β-unsaturated/α-hetero) is 1. The van der Waals surface area contributed by atoms with E-state index in [1.54, 1.807) is 5.57 Å². The summed E-state index contributed by atoms with van der Waals surface area (Å²) in [4.78, 5) is 50.6. The van der Waals surface area contributed by atoms with E-state index < -0.39 is 12.2 Å². The molecule has 9 nitrogen and oxygen atoms in total. The van der Waals surface area contributed by atoms with Crippen LogP contribution in [0.25, 0.3) is 0 Å². The lowest BCUT2D eigenvalue weighted by atomic mass is 9.60. The summed E-state index contributed by atoms with van der Waals surface area (Å²) in [5, 5.41) is 20.2. The predicted octanol–water partition coefficient (Wildman–Crippen LogP) is 14.7. The van der Waals surface area contributed by atoms with Gasteiger partial charge in [0, 0.05) is 38.0 Å². The minimum Gasteiger partial charge on any atom is -0.462 e. The highest BCUT2D eigenvalue weighted by molar-refractivity contribution is 9.11. The number of carbonyl (C=O) groups is 4. The first-order chi connectivity index (χ1) is 36.6. The Hall–Kier alpha value is -2.56. The summed E-state index contributed by atoms with van der Waals surface area (Å²) in [5.74, 6) is 6.27. The highest BCUT2D eigenvalue weighted by Crippen LogP contribution is 2.64. The molecule has 3 saturated heterocycles. The van der Waals surface area contributed by atoms with Gasteiger partial charge >= 0.3 is 17.9 Å². The molecule has 0 amide bonds. The van der Waals surface area contributed by atoms with Crippen LogP contribution in [0.5, 0.6) is 0 Å². The number of aliphatic hydroxyl groups is 2. The summed E-state index contributed by atoms with van der Waals surface area (Å²) >= 11 is 3.61. The normalized spacial score (nSPS) is 44.2. The van der Waals surface area contributed by atoms with Crippen molar-refractivity contribution in [2.24, 2.45) is 85.8 Å². The number of rotatable bonds is 10. The molecule has 0 aromatic rings. The summed E-state index contributed by atoms with van der Waals surface area (Å²) in [7, 11) is 0. The topological polar surface area (TPSA) is 136 Å². The van der Waals surface area contributed by atoms with Gasteiger partial charge in [-0.15, -0.1) is 0 Å². The number of cyclic esters (lactones) is 3. The van der Waals surface area contributed by atoms with E-state index in [0.29, 0.717) is 70.9 Å². The lowest BCUT2D eigenvalue weighted by molar-refractivity contribution is -0.146. The molecule has 10 saturated carbocycles. The van der Waals surface area contributed by atoms with E-state index in [1.165, 1.54) is 76.2 Å². The van der Waals surface area contributed by atoms with Crippen LogP contribution in [-0.4, -0.2) is 64.4 Å². The number of carbonyl (C=O) groups excluding carboxylic acids is 4. The van der Waals surface area contributed by atoms with E-state index >= 15 is 0 Å². The van der Waals surface area contributed by atoms with Crippen molar-refractivity contribution in [3.8, 4) is 0 Å². The van der Waals surface area contributed by atoms with Gasteiger partial charge in [0.2, 0.25) is 0 Å². The summed E-state index contributed by atoms with van der Waals surface area (Å²) in [6, 6.07) is 0. The smallest absolute Gasteiger partial charge is 0.312 e. The molecule has 2 N–H and O–H groups in total. The van der Waals surface area contributed by atoms with Crippen molar-refractivity contribution in [1.29, 1.82) is 0 Å². The van der Waals surface area contributed by atoms with Crippen molar-refractivity contribution < 1.29 is 43.6 Å². The maximum absolute atomic E-state index is 12.3. The second-order valence-electron chi connectivity index (χ2n) is 29.7. The Balaban J connectivity index is 0.000000126. The standard InChI is InChI=1S/C28H40O4.C20H29BrO2.C19H28O3/c1-17(13-22-16-28(11-12-28)26(31)32-22)23-8-9-24-19(5-4-10-27(23,24)3)6-7-20-14-21(29)15-25(30)18(20)2;1-13(10-15-11-20(8-9-20)18(22)23-15)16-5-6-17-14(12-21)4-3-7-19(16,17)2;1-12(10-13-11-19(8-9-19)17(21)22-13)14-5-6-15-16(20)4-3-7-18(14,15)2/h6-7,17,21-25,29-30H,2,4-5,8-16H2,1,3H3;12-13,15-17H,3-11H2,1-2H3;12-15H,3-11H2,1-2H3/b19-6+,20-7-;14-12+;/t17-,21-,22?,23-,24?,25+,27-;13-,15?,16-,17?,19-;12-,13?,14-,15?,18-/m111/s1. The van der Waals surface area contributed by atoms with Crippen molar-refractivity contribution in [1.82, 2.24) is 0 Å².